The summed E-state index contributed by atoms with van der Waals surface area (Å²) in [6.07, 6.45) is 0. The van der Waals surface area contributed by atoms with Gasteiger partial charge in [-0.3, -0.25) is 4.79 Å². The Labute approximate surface area is 204 Å². The molecular formula is C22H16BrF3N6OS. The van der Waals surface area contributed by atoms with Crippen LogP contribution in [0.5, 0.6) is 0 Å². The molecule has 0 bridgehead atoms. The summed E-state index contributed by atoms with van der Waals surface area (Å²) >= 11 is 4.64. The van der Waals surface area contributed by atoms with Crippen LogP contribution in [0.2, 0.25) is 0 Å². The van der Waals surface area contributed by atoms with Crippen LogP contribution < -0.4 is 5.32 Å². The summed E-state index contributed by atoms with van der Waals surface area (Å²) in [7, 11) is 0. The number of thioether (sulfide) groups is 1. The number of anilines is 1. The quantitative estimate of drug-likeness (QED) is 0.197. The Morgan fingerprint density at radius 1 is 1.03 bits per heavy atom. The Bertz CT molecular complexity index is 1360. The Hall–Kier alpha value is -3.25. The monoisotopic (exact) mass is 548 g/mol. The van der Waals surface area contributed by atoms with Gasteiger partial charge in [-0.1, -0.05) is 32.9 Å². The summed E-state index contributed by atoms with van der Waals surface area (Å²) in [5.41, 5.74) is 1.98. The van der Waals surface area contributed by atoms with Gasteiger partial charge in [0.15, 0.2) is 28.3 Å². The van der Waals surface area contributed by atoms with Crippen molar-refractivity contribution in [3.8, 4) is 5.69 Å². The highest BCUT2D eigenvalue weighted by Gasteiger charge is 2.23. The number of hydrogen-bond donors (Lipinski definition) is 1. The van der Waals surface area contributed by atoms with E-state index in [0.29, 0.717) is 16.5 Å². The van der Waals surface area contributed by atoms with Crippen molar-refractivity contribution in [2.75, 3.05) is 5.32 Å². The lowest BCUT2D eigenvalue weighted by molar-refractivity contribution is 0.102. The number of nitrogens with one attached hydrogen (secondary N) is 1. The average Bonchev–Trinajstić information content (AvgIpc) is 3.22. The van der Waals surface area contributed by atoms with Crippen LogP contribution in [-0.2, 0) is 5.75 Å². The van der Waals surface area contributed by atoms with Crippen LogP contribution in [0.4, 0.5) is 18.9 Å². The number of nitrogens with zero attached hydrogens (tertiary/aromatic N) is 5. The number of hydrogen-bond acceptors (Lipinski definition) is 6. The summed E-state index contributed by atoms with van der Waals surface area (Å²) in [5.74, 6) is -5.17. The Morgan fingerprint density at radius 3 is 2.38 bits per heavy atom. The van der Waals surface area contributed by atoms with Crippen molar-refractivity contribution in [2.24, 2.45) is 0 Å². The fourth-order valence-electron chi connectivity index (χ4n) is 3.09. The molecule has 0 spiro atoms. The molecule has 0 atom stereocenters. The molecule has 0 saturated heterocycles. The molecule has 0 radical (unpaired) electrons. The maximum Gasteiger partial charge on any atom is 0.278 e. The highest BCUT2D eigenvalue weighted by molar-refractivity contribution is 9.10. The molecule has 1 N–H and O–H groups in total. The van der Waals surface area contributed by atoms with E-state index in [-0.39, 0.29) is 11.4 Å². The van der Waals surface area contributed by atoms with Gasteiger partial charge in [0.25, 0.3) is 5.91 Å². The van der Waals surface area contributed by atoms with E-state index in [1.165, 1.54) is 16.4 Å². The molecule has 0 fully saturated rings. The fourth-order valence-corrected chi connectivity index (χ4v) is 4.30. The third-order valence-electron chi connectivity index (χ3n) is 4.63. The van der Waals surface area contributed by atoms with Gasteiger partial charge in [-0.15, -0.1) is 5.10 Å². The van der Waals surface area contributed by atoms with Crippen LogP contribution in [0.3, 0.4) is 0 Å². The smallest absolute Gasteiger partial charge is 0.278 e. The van der Waals surface area contributed by atoms with Crippen molar-refractivity contribution >= 4 is 39.3 Å². The number of aromatic nitrogens is 5. The topological polar surface area (TPSA) is 85.6 Å². The van der Waals surface area contributed by atoms with E-state index in [1.807, 2.05) is 19.9 Å². The van der Waals surface area contributed by atoms with Crippen LogP contribution >= 0.6 is 27.7 Å². The van der Waals surface area contributed by atoms with Gasteiger partial charge < -0.3 is 5.32 Å². The third kappa shape index (κ3) is 5.12. The van der Waals surface area contributed by atoms with Gasteiger partial charge in [-0.05, 0) is 56.3 Å². The number of carbonyl (C=O) groups excluding carboxylic acids is 1. The Kier molecular flexibility index (Phi) is 6.98. The van der Waals surface area contributed by atoms with Crippen molar-refractivity contribution in [2.45, 2.75) is 24.8 Å². The van der Waals surface area contributed by atoms with Crippen molar-refractivity contribution in [1.82, 2.24) is 25.0 Å². The zero-order chi connectivity index (χ0) is 24.4. The molecule has 12 heteroatoms. The molecule has 34 heavy (non-hydrogen) atoms. The molecule has 7 nitrogen and oxygen atoms in total. The minimum atomic E-state index is -1.68. The van der Waals surface area contributed by atoms with Gasteiger partial charge in [0.05, 0.1) is 17.1 Å². The fraction of sp³-hybridized carbons (Fsp3) is 0.136. The largest absolute Gasteiger partial charge is 0.318 e. The van der Waals surface area contributed by atoms with E-state index in [2.05, 4.69) is 41.5 Å². The normalized spacial score (nSPS) is 11.0. The maximum absolute atomic E-state index is 14.1. The van der Waals surface area contributed by atoms with Crippen LogP contribution in [0.15, 0.2) is 52.1 Å². The number of carbonyl (C=O) groups is 1. The van der Waals surface area contributed by atoms with Crippen molar-refractivity contribution in [1.29, 1.82) is 0 Å². The van der Waals surface area contributed by atoms with E-state index < -0.39 is 29.0 Å². The molecule has 0 aliphatic rings. The number of aryl methyl sites for hydroxylation is 2. The summed E-state index contributed by atoms with van der Waals surface area (Å²) < 4.78 is 43.3. The average molecular weight is 549 g/mol. The minimum Gasteiger partial charge on any atom is -0.318 e. The first-order chi connectivity index (χ1) is 16.2. The van der Waals surface area contributed by atoms with Crippen molar-refractivity contribution in [3.05, 3.63) is 87.2 Å². The first-order valence-electron chi connectivity index (χ1n) is 9.83. The van der Waals surface area contributed by atoms with E-state index in [4.69, 9.17) is 0 Å². The van der Waals surface area contributed by atoms with Gasteiger partial charge in [-0.2, -0.15) is 0 Å². The highest BCUT2D eigenvalue weighted by Crippen LogP contribution is 2.26. The molecule has 4 aromatic rings. The van der Waals surface area contributed by atoms with E-state index in [0.717, 1.165) is 28.0 Å². The summed E-state index contributed by atoms with van der Waals surface area (Å²) in [4.78, 5) is 21.7. The first-order valence-corrected chi connectivity index (χ1v) is 11.6. The Balaban J connectivity index is 1.69. The molecule has 4 rings (SSSR count). The molecular weight excluding hydrogens is 533 g/mol. The van der Waals surface area contributed by atoms with Crippen LogP contribution in [0.1, 0.15) is 27.6 Å². The lowest BCUT2D eigenvalue weighted by Crippen LogP contribution is -2.17. The van der Waals surface area contributed by atoms with Crippen LogP contribution in [0, 0.1) is 31.3 Å². The van der Waals surface area contributed by atoms with Crippen molar-refractivity contribution in [3.63, 3.8) is 0 Å². The molecule has 0 saturated carbocycles. The second-order valence-corrected chi connectivity index (χ2v) is 9.03. The first kappa shape index (κ1) is 23.9. The Morgan fingerprint density at radius 2 is 1.71 bits per heavy atom. The zero-order valence-electron chi connectivity index (χ0n) is 17.8. The predicted molar refractivity (Wildman–Crippen MR) is 124 cm³/mol. The number of benzene rings is 2. The SMILES string of the molecule is Cc1cc(C)nc(SCc2c(C(=O)Nc3ccc(F)c(F)c3F)nnn2-c2ccc(Br)cc2)n1. The number of halogens is 4. The molecule has 174 valence electrons. The van der Waals surface area contributed by atoms with Gasteiger partial charge in [-0.25, -0.2) is 27.8 Å². The predicted octanol–water partition coefficient (Wildman–Crippen LogP) is 5.40. The van der Waals surface area contributed by atoms with E-state index >= 15 is 0 Å². The summed E-state index contributed by atoms with van der Waals surface area (Å²) in [6, 6.07) is 10.7. The lowest BCUT2D eigenvalue weighted by atomic mass is 10.2. The highest BCUT2D eigenvalue weighted by atomic mass is 79.9. The zero-order valence-corrected chi connectivity index (χ0v) is 20.2. The maximum atomic E-state index is 14.1. The molecule has 1 amide bonds. The summed E-state index contributed by atoms with van der Waals surface area (Å²) in [5, 5.41) is 10.8. The van der Waals surface area contributed by atoms with Gasteiger partial charge in [0.2, 0.25) is 0 Å². The van der Waals surface area contributed by atoms with Gasteiger partial charge in [0.1, 0.15) is 0 Å². The third-order valence-corrected chi connectivity index (χ3v) is 6.02. The molecule has 2 aromatic carbocycles. The number of rotatable bonds is 6. The molecule has 0 aliphatic carbocycles. The minimum absolute atomic E-state index is 0.107. The van der Waals surface area contributed by atoms with E-state index in [1.54, 1.807) is 24.3 Å². The summed E-state index contributed by atoms with van der Waals surface area (Å²) in [6.45, 7) is 3.70. The van der Waals surface area contributed by atoms with Crippen molar-refractivity contribution < 1.29 is 18.0 Å². The second-order valence-electron chi connectivity index (χ2n) is 7.17. The standard InChI is InChI=1S/C22H16BrF3N6OS/c1-11-9-12(2)28-22(27-11)34-10-17-20(30-31-32(17)14-5-3-13(23)4-6-14)21(33)29-16-8-7-15(24)18(25)19(16)26/h3-9H,10H2,1-2H3,(H,29,33). The van der Waals surface area contributed by atoms with Crippen LogP contribution in [-0.4, -0.2) is 30.9 Å². The molecule has 0 unspecified atom stereocenters. The molecule has 2 heterocycles. The van der Waals surface area contributed by atoms with Gasteiger partial charge >= 0.3 is 0 Å². The van der Waals surface area contributed by atoms with E-state index in [9.17, 15) is 18.0 Å². The van der Waals surface area contributed by atoms with Gasteiger partial charge in [0, 0.05) is 21.6 Å². The second kappa shape index (κ2) is 9.94. The van der Waals surface area contributed by atoms with Crippen LogP contribution in [0.25, 0.3) is 5.69 Å². The lowest BCUT2D eigenvalue weighted by Gasteiger charge is -2.10. The number of amides is 1. The molecule has 0 aliphatic heterocycles. The molecule has 2 aromatic heterocycles.